The summed E-state index contributed by atoms with van der Waals surface area (Å²) < 4.78 is 0. The monoisotopic (exact) mass is 222 g/mol. The molecule has 0 radical (unpaired) electrons. The van der Waals surface area contributed by atoms with Crippen LogP contribution >= 0.6 is 0 Å². The predicted molar refractivity (Wildman–Crippen MR) is 61.7 cm³/mol. The maximum Gasteiger partial charge on any atom is 0.224 e. The fraction of sp³-hybridized carbons (Fsp3) is 0.545. The molecule has 5 heteroatoms. The second-order valence-corrected chi connectivity index (χ2v) is 3.83. The molecule has 0 spiro atoms. The van der Waals surface area contributed by atoms with E-state index in [2.05, 4.69) is 20.6 Å². The lowest BCUT2D eigenvalue weighted by Crippen LogP contribution is -2.34. The number of rotatable bonds is 5. The Morgan fingerprint density at radius 2 is 2.19 bits per heavy atom. The molecule has 5 nitrogen and oxygen atoms in total. The van der Waals surface area contributed by atoms with Gasteiger partial charge in [-0.1, -0.05) is 6.92 Å². The van der Waals surface area contributed by atoms with Crippen molar-refractivity contribution in [1.82, 2.24) is 20.6 Å². The zero-order valence-electron chi connectivity index (χ0n) is 9.95. The Bertz CT molecular complexity index is 336. The van der Waals surface area contributed by atoms with Crippen molar-refractivity contribution < 1.29 is 4.79 Å². The molecule has 0 aliphatic carbocycles. The molecule has 16 heavy (non-hydrogen) atoms. The Kier molecular flexibility index (Phi) is 4.85. The number of nitrogens with zero attached hydrogens (tertiary/aromatic N) is 2. The van der Waals surface area contributed by atoms with Crippen molar-refractivity contribution in [3.8, 4) is 0 Å². The molecule has 1 heterocycles. The summed E-state index contributed by atoms with van der Waals surface area (Å²) in [5.41, 5.74) is 1.65. The summed E-state index contributed by atoms with van der Waals surface area (Å²) in [6.07, 6.45) is 3.37. The van der Waals surface area contributed by atoms with Gasteiger partial charge in [-0.25, -0.2) is 0 Å². The molecule has 0 saturated carbocycles. The number of carbonyl (C=O) groups is 1. The highest BCUT2D eigenvalue weighted by molar-refractivity contribution is 5.78. The molecular formula is C11H18N4O. The van der Waals surface area contributed by atoms with Gasteiger partial charge in [-0.05, 0) is 14.0 Å². The van der Waals surface area contributed by atoms with E-state index in [0.29, 0.717) is 13.1 Å². The minimum absolute atomic E-state index is 0.0247. The summed E-state index contributed by atoms with van der Waals surface area (Å²) in [7, 11) is 1.83. The van der Waals surface area contributed by atoms with Crippen molar-refractivity contribution in [1.29, 1.82) is 0 Å². The van der Waals surface area contributed by atoms with Crippen LogP contribution in [0.15, 0.2) is 12.4 Å². The summed E-state index contributed by atoms with van der Waals surface area (Å²) in [4.78, 5) is 19.8. The van der Waals surface area contributed by atoms with E-state index < -0.39 is 0 Å². The van der Waals surface area contributed by atoms with Crippen LogP contribution < -0.4 is 10.6 Å². The number of aromatic nitrogens is 2. The van der Waals surface area contributed by atoms with Crippen LogP contribution in [0.1, 0.15) is 18.3 Å². The van der Waals surface area contributed by atoms with Gasteiger partial charge in [0.25, 0.3) is 0 Å². The Morgan fingerprint density at radius 3 is 2.75 bits per heavy atom. The first-order valence-corrected chi connectivity index (χ1v) is 5.33. The summed E-state index contributed by atoms with van der Waals surface area (Å²) in [6.45, 7) is 4.86. The third-order valence-corrected chi connectivity index (χ3v) is 2.24. The lowest BCUT2D eigenvalue weighted by Gasteiger charge is -2.10. The number of aryl methyl sites for hydroxylation is 1. The average Bonchev–Trinajstić information content (AvgIpc) is 2.28. The zero-order valence-corrected chi connectivity index (χ0v) is 9.95. The molecule has 0 aromatic carbocycles. The first-order chi connectivity index (χ1) is 7.63. The molecule has 0 fully saturated rings. The van der Waals surface area contributed by atoms with Crippen molar-refractivity contribution in [2.75, 3.05) is 13.6 Å². The van der Waals surface area contributed by atoms with Crippen molar-refractivity contribution in [2.45, 2.75) is 20.4 Å². The maximum atomic E-state index is 11.6. The van der Waals surface area contributed by atoms with E-state index in [1.807, 2.05) is 20.9 Å². The van der Waals surface area contributed by atoms with Crippen LogP contribution in [0, 0.1) is 12.8 Å². The van der Waals surface area contributed by atoms with Gasteiger partial charge in [-0.15, -0.1) is 0 Å². The number of hydrogen-bond donors (Lipinski definition) is 2. The molecule has 1 atom stereocenters. The topological polar surface area (TPSA) is 66.9 Å². The van der Waals surface area contributed by atoms with E-state index in [0.717, 1.165) is 11.4 Å². The maximum absolute atomic E-state index is 11.6. The van der Waals surface area contributed by atoms with Crippen molar-refractivity contribution in [3.05, 3.63) is 23.8 Å². The van der Waals surface area contributed by atoms with Gasteiger partial charge in [0, 0.05) is 18.7 Å². The SMILES string of the molecule is CNCC(C)C(=O)NCc1cnc(C)cn1. The second-order valence-electron chi connectivity index (χ2n) is 3.83. The summed E-state index contributed by atoms with van der Waals surface area (Å²) in [5.74, 6) is -0.0138. The molecule has 0 aliphatic rings. The fourth-order valence-electron chi connectivity index (χ4n) is 1.26. The quantitative estimate of drug-likeness (QED) is 0.750. The normalized spacial score (nSPS) is 12.2. The van der Waals surface area contributed by atoms with E-state index >= 15 is 0 Å². The molecule has 1 amide bonds. The van der Waals surface area contributed by atoms with Crippen LogP contribution in [0.3, 0.4) is 0 Å². The minimum atomic E-state index is -0.0385. The van der Waals surface area contributed by atoms with E-state index in [1.165, 1.54) is 0 Å². The lowest BCUT2D eigenvalue weighted by molar-refractivity contribution is -0.124. The minimum Gasteiger partial charge on any atom is -0.350 e. The lowest BCUT2D eigenvalue weighted by atomic mass is 10.1. The smallest absolute Gasteiger partial charge is 0.224 e. The summed E-state index contributed by atoms with van der Waals surface area (Å²) >= 11 is 0. The Hall–Kier alpha value is -1.49. The molecule has 0 saturated heterocycles. The van der Waals surface area contributed by atoms with Crippen LogP contribution in [0.25, 0.3) is 0 Å². The molecule has 88 valence electrons. The van der Waals surface area contributed by atoms with Gasteiger partial charge in [0.15, 0.2) is 0 Å². The summed E-state index contributed by atoms with van der Waals surface area (Å²) in [5, 5.41) is 5.79. The Balaban J connectivity index is 2.39. The van der Waals surface area contributed by atoms with Gasteiger partial charge < -0.3 is 10.6 Å². The third kappa shape index (κ3) is 3.94. The van der Waals surface area contributed by atoms with Crippen LogP contribution in [0.2, 0.25) is 0 Å². The zero-order chi connectivity index (χ0) is 12.0. The van der Waals surface area contributed by atoms with Gasteiger partial charge in [0.1, 0.15) is 0 Å². The number of hydrogen-bond acceptors (Lipinski definition) is 4. The second kappa shape index (κ2) is 6.17. The van der Waals surface area contributed by atoms with Crippen LogP contribution in [0.5, 0.6) is 0 Å². The molecule has 1 rings (SSSR count). The van der Waals surface area contributed by atoms with E-state index in [1.54, 1.807) is 12.4 Å². The van der Waals surface area contributed by atoms with Crippen molar-refractivity contribution in [2.24, 2.45) is 5.92 Å². The predicted octanol–water partition coefficient (Wildman–Crippen LogP) is 0.257. The molecular weight excluding hydrogens is 204 g/mol. The van der Waals surface area contributed by atoms with Crippen molar-refractivity contribution in [3.63, 3.8) is 0 Å². The highest BCUT2D eigenvalue weighted by Crippen LogP contribution is 1.96. The average molecular weight is 222 g/mol. The Labute approximate surface area is 95.7 Å². The third-order valence-electron chi connectivity index (χ3n) is 2.24. The van der Waals surface area contributed by atoms with E-state index in [9.17, 15) is 4.79 Å². The molecule has 2 N–H and O–H groups in total. The largest absolute Gasteiger partial charge is 0.350 e. The first kappa shape index (κ1) is 12.6. The highest BCUT2D eigenvalue weighted by Gasteiger charge is 2.11. The van der Waals surface area contributed by atoms with Crippen LogP contribution in [-0.2, 0) is 11.3 Å². The molecule has 0 aliphatic heterocycles. The van der Waals surface area contributed by atoms with Crippen molar-refractivity contribution >= 4 is 5.91 Å². The highest BCUT2D eigenvalue weighted by atomic mass is 16.1. The molecule has 1 aromatic rings. The van der Waals surface area contributed by atoms with Gasteiger partial charge in [0.05, 0.1) is 24.1 Å². The van der Waals surface area contributed by atoms with E-state index in [4.69, 9.17) is 0 Å². The first-order valence-electron chi connectivity index (χ1n) is 5.33. The summed E-state index contributed by atoms with van der Waals surface area (Å²) in [6, 6.07) is 0. The van der Waals surface area contributed by atoms with Gasteiger partial charge >= 0.3 is 0 Å². The molecule has 0 bridgehead atoms. The van der Waals surface area contributed by atoms with Gasteiger partial charge in [0.2, 0.25) is 5.91 Å². The fourth-order valence-corrected chi connectivity index (χ4v) is 1.26. The molecule has 1 aromatic heterocycles. The van der Waals surface area contributed by atoms with Crippen LogP contribution in [-0.4, -0.2) is 29.5 Å². The molecule has 1 unspecified atom stereocenters. The van der Waals surface area contributed by atoms with Gasteiger partial charge in [-0.2, -0.15) is 0 Å². The number of carbonyl (C=O) groups excluding carboxylic acids is 1. The Morgan fingerprint density at radius 1 is 1.44 bits per heavy atom. The number of nitrogens with one attached hydrogen (secondary N) is 2. The van der Waals surface area contributed by atoms with Crippen LogP contribution in [0.4, 0.5) is 0 Å². The van der Waals surface area contributed by atoms with Gasteiger partial charge in [-0.3, -0.25) is 14.8 Å². The number of amides is 1. The standard InChI is InChI=1S/C11H18N4O/c1-8(4-12-3)11(16)15-7-10-6-13-9(2)5-14-10/h5-6,8,12H,4,7H2,1-3H3,(H,15,16). The van der Waals surface area contributed by atoms with E-state index in [-0.39, 0.29) is 11.8 Å².